The number of carbonyl (C=O) groups excluding carboxylic acids is 1. The topological polar surface area (TPSA) is 83.5 Å². The molecular weight excluding hydrogens is 376 g/mol. The molecule has 0 aliphatic carbocycles. The van der Waals surface area contributed by atoms with Gasteiger partial charge < -0.3 is 15.0 Å². The summed E-state index contributed by atoms with van der Waals surface area (Å²) in [5.74, 6) is 0.897. The predicted molar refractivity (Wildman–Crippen MR) is 109 cm³/mol. The molecule has 1 N–H and O–H groups in total. The zero-order chi connectivity index (χ0) is 19.2. The first kappa shape index (κ1) is 19.2. The van der Waals surface area contributed by atoms with Gasteiger partial charge in [-0.2, -0.15) is 0 Å². The van der Waals surface area contributed by atoms with Crippen LogP contribution in [0, 0.1) is 5.92 Å². The lowest BCUT2D eigenvalue weighted by molar-refractivity contribution is -0.120. The molecule has 1 atom stereocenters. The molecule has 1 unspecified atom stereocenters. The first-order chi connectivity index (χ1) is 13.8. The first-order valence-electron chi connectivity index (χ1n) is 9.87. The lowest BCUT2D eigenvalue weighted by atomic mass is 9.97. The van der Waals surface area contributed by atoms with Gasteiger partial charge in [-0.05, 0) is 25.0 Å². The zero-order valence-electron chi connectivity index (χ0n) is 15.9. The van der Waals surface area contributed by atoms with Gasteiger partial charge in [-0.15, -0.1) is 10.2 Å². The van der Waals surface area contributed by atoms with Gasteiger partial charge in [-0.1, -0.05) is 17.4 Å². The van der Waals surface area contributed by atoms with E-state index in [4.69, 9.17) is 4.74 Å². The van der Waals surface area contributed by atoms with E-state index in [1.165, 1.54) is 11.3 Å². The van der Waals surface area contributed by atoms with E-state index >= 15 is 0 Å². The number of rotatable bonds is 6. The van der Waals surface area contributed by atoms with Crippen LogP contribution in [0.25, 0.3) is 0 Å². The molecule has 2 saturated heterocycles. The largest absolute Gasteiger partial charge is 0.379 e. The van der Waals surface area contributed by atoms with Crippen molar-refractivity contribution in [3.8, 4) is 0 Å². The van der Waals surface area contributed by atoms with Crippen LogP contribution in [0.5, 0.6) is 0 Å². The number of morpholine rings is 1. The van der Waals surface area contributed by atoms with E-state index in [0.717, 1.165) is 69.5 Å². The molecule has 0 saturated carbocycles. The lowest BCUT2D eigenvalue weighted by Crippen LogP contribution is -2.41. The van der Waals surface area contributed by atoms with E-state index in [1.807, 2.05) is 18.2 Å². The van der Waals surface area contributed by atoms with Crippen LogP contribution in [-0.2, 0) is 16.0 Å². The minimum absolute atomic E-state index is 0.0245. The maximum Gasteiger partial charge on any atom is 0.231 e. The van der Waals surface area contributed by atoms with Gasteiger partial charge in [0.2, 0.25) is 11.0 Å². The number of aromatic nitrogens is 3. The smallest absolute Gasteiger partial charge is 0.231 e. The Morgan fingerprint density at radius 2 is 2.14 bits per heavy atom. The number of pyridine rings is 1. The van der Waals surface area contributed by atoms with Gasteiger partial charge in [-0.25, -0.2) is 4.98 Å². The first-order valence-corrected chi connectivity index (χ1v) is 10.7. The lowest BCUT2D eigenvalue weighted by Gasteiger charge is -2.32. The molecule has 4 heterocycles. The molecule has 2 aliphatic rings. The summed E-state index contributed by atoms with van der Waals surface area (Å²) in [6.45, 7) is 6.11. The molecule has 2 aromatic rings. The normalized spacial score (nSPS) is 20.9. The highest BCUT2D eigenvalue weighted by Crippen LogP contribution is 2.23. The van der Waals surface area contributed by atoms with Crippen LogP contribution in [0.15, 0.2) is 24.4 Å². The van der Waals surface area contributed by atoms with Crippen molar-refractivity contribution in [3.63, 3.8) is 0 Å². The van der Waals surface area contributed by atoms with Gasteiger partial charge in [-0.3, -0.25) is 9.69 Å². The van der Waals surface area contributed by atoms with Crippen molar-refractivity contribution in [2.45, 2.75) is 19.3 Å². The average Bonchev–Trinajstić information content (AvgIpc) is 3.21. The third kappa shape index (κ3) is 5.03. The molecule has 4 rings (SSSR count). The van der Waals surface area contributed by atoms with E-state index in [9.17, 15) is 4.79 Å². The van der Waals surface area contributed by atoms with E-state index in [1.54, 1.807) is 6.20 Å². The third-order valence-electron chi connectivity index (χ3n) is 5.21. The number of piperidine rings is 1. The molecule has 9 heteroatoms. The average molecular weight is 403 g/mol. The number of nitrogens with zero attached hydrogens (tertiary/aromatic N) is 5. The van der Waals surface area contributed by atoms with Crippen molar-refractivity contribution in [1.29, 1.82) is 0 Å². The van der Waals surface area contributed by atoms with Crippen molar-refractivity contribution in [1.82, 2.24) is 20.1 Å². The van der Waals surface area contributed by atoms with Gasteiger partial charge in [0.05, 0.1) is 19.1 Å². The predicted octanol–water partition coefficient (Wildman–Crippen LogP) is 1.66. The Morgan fingerprint density at radius 1 is 1.25 bits per heavy atom. The molecule has 0 bridgehead atoms. The fourth-order valence-electron chi connectivity index (χ4n) is 3.63. The molecule has 28 heavy (non-hydrogen) atoms. The number of hydrogen-bond donors (Lipinski definition) is 1. The van der Waals surface area contributed by atoms with Crippen LogP contribution in [0.1, 0.15) is 17.8 Å². The molecule has 0 aromatic carbocycles. The van der Waals surface area contributed by atoms with Gasteiger partial charge in [0.15, 0.2) is 0 Å². The highest BCUT2D eigenvalue weighted by Gasteiger charge is 2.27. The highest BCUT2D eigenvalue weighted by atomic mass is 32.1. The van der Waals surface area contributed by atoms with Crippen LogP contribution in [0.2, 0.25) is 0 Å². The fraction of sp³-hybridized carbons (Fsp3) is 0.579. The molecule has 1 amide bonds. The maximum absolute atomic E-state index is 12.7. The summed E-state index contributed by atoms with van der Waals surface area (Å²) in [6, 6.07) is 5.88. The monoisotopic (exact) mass is 402 g/mol. The van der Waals surface area contributed by atoms with Crippen LogP contribution in [-0.4, -0.2) is 71.9 Å². The van der Waals surface area contributed by atoms with Gasteiger partial charge in [0, 0.05) is 45.3 Å². The summed E-state index contributed by atoms with van der Waals surface area (Å²) in [4.78, 5) is 21.7. The van der Waals surface area contributed by atoms with Crippen LogP contribution in [0.3, 0.4) is 0 Å². The minimum atomic E-state index is -0.0588. The Bertz CT molecular complexity index is 765. The number of ether oxygens (including phenoxy) is 1. The Labute approximate surface area is 168 Å². The van der Waals surface area contributed by atoms with Crippen LogP contribution < -0.4 is 10.2 Å². The number of amides is 1. The Hall–Kier alpha value is -2.10. The van der Waals surface area contributed by atoms with E-state index in [0.29, 0.717) is 11.7 Å². The highest BCUT2D eigenvalue weighted by molar-refractivity contribution is 7.15. The molecular formula is C19H26N6O2S. The summed E-state index contributed by atoms with van der Waals surface area (Å²) in [5.41, 5.74) is 0. The molecule has 2 aromatic heterocycles. The molecule has 2 aliphatic heterocycles. The second kappa shape index (κ2) is 9.40. The SMILES string of the molecule is O=C(Nc1nnc(CCN2CCOCC2)s1)C1CCCN(c2ccccn2)C1. The van der Waals surface area contributed by atoms with Crippen LogP contribution in [0.4, 0.5) is 10.9 Å². The molecule has 0 spiro atoms. The Morgan fingerprint density at radius 3 is 2.96 bits per heavy atom. The van der Waals surface area contributed by atoms with Crippen molar-refractivity contribution >= 4 is 28.2 Å². The van der Waals surface area contributed by atoms with Gasteiger partial charge in [0.25, 0.3) is 0 Å². The quantitative estimate of drug-likeness (QED) is 0.787. The standard InChI is InChI=1S/C19H26N6O2S/c26-18(15-4-3-8-25(14-15)16-5-1-2-7-20-16)21-19-23-22-17(28-19)6-9-24-10-12-27-13-11-24/h1-2,5,7,15H,3-4,6,8-14H2,(H,21,23,26). The summed E-state index contributed by atoms with van der Waals surface area (Å²) in [6.07, 6.45) is 4.51. The molecule has 8 nitrogen and oxygen atoms in total. The number of anilines is 2. The third-order valence-corrected chi connectivity index (χ3v) is 6.11. The summed E-state index contributed by atoms with van der Waals surface area (Å²) in [5, 5.41) is 12.9. The zero-order valence-corrected chi connectivity index (χ0v) is 16.7. The van der Waals surface area contributed by atoms with Crippen molar-refractivity contribution < 1.29 is 9.53 Å². The second-order valence-electron chi connectivity index (χ2n) is 7.17. The summed E-state index contributed by atoms with van der Waals surface area (Å²) < 4.78 is 5.37. The van der Waals surface area contributed by atoms with Crippen LogP contribution >= 0.6 is 11.3 Å². The van der Waals surface area contributed by atoms with Gasteiger partial charge in [0.1, 0.15) is 10.8 Å². The number of nitrogens with one attached hydrogen (secondary N) is 1. The van der Waals surface area contributed by atoms with Crippen molar-refractivity contribution in [2.75, 3.05) is 56.2 Å². The van der Waals surface area contributed by atoms with Gasteiger partial charge >= 0.3 is 0 Å². The van der Waals surface area contributed by atoms with Crippen molar-refractivity contribution in [2.24, 2.45) is 5.92 Å². The second-order valence-corrected chi connectivity index (χ2v) is 8.23. The summed E-state index contributed by atoms with van der Waals surface area (Å²) in [7, 11) is 0. The molecule has 150 valence electrons. The van der Waals surface area contributed by atoms with E-state index in [2.05, 4.69) is 30.3 Å². The minimum Gasteiger partial charge on any atom is -0.379 e. The summed E-state index contributed by atoms with van der Waals surface area (Å²) >= 11 is 1.47. The Balaban J connectivity index is 1.28. The number of hydrogen-bond acceptors (Lipinski definition) is 8. The molecule has 2 fully saturated rings. The molecule has 0 radical (unpaired) electrons. The van der Waals surface area contributed by atoms with Crippen molar-refractivity contribution in [3.05, 3.63) is 29.4 Å². The fourth-order valence-corrected chi connectivity index (χ4v) is 4.36. The van der Waals surface area contributed by atoms with E-state index < -0.39 is 0 Å². The van der Waals surface area contributed by atoms with E-state index in [-0.39, 0.29) is 11.8 Å². The maximum atomic E-state index is 12.7. The number of carbonyl (C=O) groups is 1. The Kier molecular flexibility index (Phi) is 6.45.